The molecule has 1 heterocycles. The third kappa shape index (κ3) is 5.68. The number of amides is 2. The summed E-state index contributed by atoms with van der Waals surface area (Å²) in [5.41, 5.74) is 2.87. The highest BCUT2D eigenvalue weighted by atomic mass is 32.1. The van der Waals surface area contributed by atoms with Gasteiger partial charge in [-0.25, -0.2) is 0 Å². The lowest BCUT2D eigenvalue weighted by atomic mass is 10.1. The highest BCUT2D eigenvalue weighted by Crippen LogP contribution is 2.19. The number of anilines is 1. The SMILES string of the molecule is CC[NH+](CC(=O)N(C)CC(=O)Nc1c(C)cccc1C)Cc1cccs1. The molecule has 1 aromatic carbocycles. The van der Waals surface area contributed by atoms with E-state index in [0.717, 1.165) is 29.9 Å². The van der Waals surface area contributed by atoms with E-state index in [4.69, 9.17) is 0 Å². The van der Waals surface area contributed by atoms with Gasteiger partial charge in [0.25, 0.3) is 5.91 Å². The highest BCUT2D eigenvalue weighted by Gasteiger charge is 2.19. The minimum Gasteiger partial charge on any atom is -0.332 e. The summed E-state index contributed by atoms with van der Waals surface area (Å²) in [5, 5.41) is 4.98. The Morgan fingerprint density at radius 3 is 2.42 bits per heavy atom. The maximum Gasteiger partial charge on any atom is 0.277 e. The van der Waals surface area contributed by atoms with Gasteiger partial charge in [-0.2, -0.15) is 0 Å². The van der Waals surface area contributed by atoms with Crippen molar-refractivity contribution in [3.05, 3.63) is 51.7 Å². The van der Waals surface area contributed by atoms with Crippen LogP contribution in [0.15, 0.2) is 35.7 Å². The Balaban J connectivity index is 1.88. The maximum atomic E-state index is 12.5. The summed E-state index contributed by atoms with van der Waals surface area (Å²) in [6, 6.07) is 10.0. The summed E-state index contributed by atoms with van der Waals surface area (Å²) >= 11 is 1.71. The van der Waals surface area contributed by atoms with Crippen molar-refractivity contribution in [1.82, 2.24) is 4.90 Å². The molecule has 0 saturated heterocycles. The van der Waals surface area contributed by atoms with Crippen LogP contribution < -0.4 is 10.2 Å². The van der Waals surface area contributed by atoms with Crippen LogP contribution in [-0.4, -0.2) is 43.4 Å². The molecule has 1 aromatic heterocycles. The van der Waals surface area contributed by atoms with Crippen molar-refractivity contribution in [2.45, 2.75) is 27.3 Å². The van der Waals surface area contributed by atoms with Gasteiger partial charge in [-0.3, -0.25) is 9.59 Å². The molecule has 1 unspecified atom stereocenters. The van der Waals surface area contributed by atoms with Gasteiger partial charge in [-0.15, -0.1) is 11.3 Å². The predicted molar refractivity (Wildman–Crippen MR) is 107 cm³/mol. The molecule has 0 saturated carbocycles. The number of likely N-dealkylation sites (N-methyl/N-ethyl adjacent to an activating group) is 2. The molecule has 0 aliphatic heterocycles. The van der Waals surface area contributed by atoms with E-state index in [1.807, 2.05) is 38.1 Å². The number of carbonyl (C=O) groups excluding carboxylic acids is 2. The fourth-order valence-corrected chi connectivity index (χ4v) is 3.59. The van der Waals surface area contributed by atoms with Crippen molar-refractivity contribution in [2.24, 2.45) is 0 Å². The van der Waals surface area contributed by atoms with Crippen LogP contribution in [0.2, 0.25) is 0 Å². The lowest BCUT2D eigenvalue weighted by molar-refractivity contribution is -0.904. The summed E-state index contributed by atoms with van der Waals surface area (Å²) in [6.07, 6.45) is 0. The largest absolute Gasteiger partial charge is 0.332 e. The Hall–Kier alpha value is -2.18. The number of para-hydroxylation sites is 1. The average molecular weight is 375 g/mol. The molecule has 26 heavy (non-hydrogen) atoms. The van der Waals surface area contributed by atoms with Crippen molar-refractivity contribution in [3.8, 4) is 0 Å². The smallest absolute Gasteiger partial charge is 0.277 e. The van der Waals surface area contributed by atoms with Gasteiger partial charge in [0.05, 0.1) is 18.0 Å². The fourth-order valence-electron chi connectivity index (χ4n) is 2.82. The Morgan fingerprint density at radius 1 is 1.15 bits per heavy atom. The molecule has 2 N–H and O–H groups in total. The summed E-state index contributed by atoms with van der Waals surface area (Å²) < 4.78 is 0. The van der Waals surface area contributed by atoms with Crippen LogP contribution in [-0.2, 0) is 16.1 Å². The zero-order valence-corrected chi connectivity index (χ0v) is 16.8. The van der Waals surface area contributed by atoms with Crippen LogP contribution in [0.3, 0.4) is 0 Å². The Morgan fingerprint density at radius 2 is 1.85 bits per heavy atom. The second kappa shape index (κ2) is 9.50. The molecule has 0 fully saturated rings. The van der Waals surface area contributed by atoms with E-state index in [0.29, 0.717) is 6.54 Å². The predicted octanol–water partition coefficient (Wildman–Crippen LogP) is 1.87. The monoisotopic (exact) mass is 374 g/mol. The molecule has 2 aromatic rings. The first kappa shape index (κ1) is 20.1. The van der Waals surface area contributed by atoms with Crippen molar-refractivity contribution < 1.29 is 14.5 Å². The first-order valence-electron chi connectivity index (χ1n) is 8.86. The van der Waals surface area contributed by atoms with Crippen LogP contribution in [0, 0.1) is 13.8 Å². The fraction of sp³-hybridized carbons (Fsp3) is 0.400. The number of carbonyl (C=O) groups is 2. The number of nitrogens with zero attached hydrogens (tertiary/aromatic N) is 1. The van der Waals surface area contributed by atoms with E-state index in [1.165, 1.54) is 14.7 Å². The van der Waals surface area contributed by atoms with Gasteiger partial charge in [0.1, 0.15) is 6.54 Å². The average Bonchev–Trinajstić information content (AvgIpc) is 3.10. The molecule has 140 valence electrons. The lowest BCUT2D eigenvalue weighted by Gasteiger charge is -2.21. The van der Waals surface area contributed by atoms with Crippen LogP contribution in [0.4, 0.5) is 5.69 Å². The molecule has 5 nitrogen and oxygen atoms in total. The number of thiophene rings is 1. The standard InChI is InChI=1S/C20H27N3O2S/c1-5-23(12-17-10-7-11-26-17)14-19(25)22(4)13-18(24)21-20-15(2)8-6-9-16(20)3/h6-11H,5,12-14H2,1-4H3,(H,21,24)/p+1. The number of nitrogens with one attached hydrogen (secondary N) is 2. The van der Waals surface area contributed by atoms with Gasteiger partial charge >= 0.3 is 0 Å². The van der Waals surface area contributed by atoms with Gasteiger partial charge < -0.3 is 15.1 Å². The van der Waals surface area contributed by atoms with Gasteiger partial charge in [0.15, 0.2) is 6.54 Å². The van der Waals surface area contributed by atoms with Gasteiger partial charge in [0.2, 0.25) is 5.91 Å². The molecule has 0 radical (unpaired) electrons. The minimum atomic E-state index is -0.172. The molecule has 1 atom stereocenters. The number of hydrogen-bond acceptors (Lipinski definition) is 3. The quantitative estimate of drug-likeness (QED) is 0.741. The number of rotatable bonds is 8. The lowest BCUT2D eigenvalue weighted by Crippen LogP contribution is -3.11. The van der Waals surface area contributed by atoms with Crippen molar-refractivity contribution in [3.63, 3.8) is 0 Å². The maximum absolute atomic E-state index is 12.5. The van der Waals surface area contributed by atoms with Gasteiger partial charge in [-0.1, -0.05) is 24.3 Å². The van der Waals surface area contributed by atoms with Crippen molar-refractivity contribution in [1.29, 1.82) is 0 Å². The minimum absolute atomic E-state index is 0.0185. The molecule has 0 aliphatic rings. The van der Waals surface area contributed by atoms with E-state index in [-0.39, 0.29) is 18.4 Å². The summed E-state index contributed by atoms with van der Waals surface area (Å²) in [7, 11) is 1.69. The van der Waals surface area contributed by atoms with Crippen LogP contribution in [0.1, 0.15) is 22.9 Å². The molecule has 2 amide bonds. The summed E-state index contributed by atoms with van der Waals surface area (Å²) in [5.74, 6) is -0.190. The van der Waals surface area contributed by atoms with E-state index in [9.17, 15) is 9.59 Å². The van der Waals surface area contributed by atoms with E-state index in [1.54, 1.807) is 18.4 Å². The topological polar surface area (TPSA) is 53.9 Å². The molecule has 0 spiro atoms. The third-order valence-corrected chi connectivity index (χ3v) is 5.33. The van der Waals surface area contributed by atoms with E-state index in [2.05, 4.69) is 23.7 Å². The highest BCUT2D eigenvalue weighted by molar-refractivity contribution is 7.09. The molecule has 6 heteroatoms. The second-order valence-corrected chi connectivity index (χ2v) is 7.63. The Labute approximate surface area is 159 Å². The third-order valence-electron chi connectivity index (χ3n) is 4.46. The number of aryl methyl sites for hydroxylation is 2. The summed E-state index contributed by atoms with van der Waals surface area (Å²) in [4.78, 5) is 28.8. The number of quaternary nitrogens is 1. The normalized spacial score (nSPS) is 11.8. The van der Waals surface area contributed by atoms with E-state index < -0.39 is 0 Å². The Bertz CT molecular complexity index is 723. The van der Waals surface area contributed by atoms with Crippen molar-refractivity contribution in [2.75, 3.05) is 32.0 Å². The zero-order valence-electron chi connectivity index (χ0n) is 16.0. The molecular weight excluding hydrogens is 346 g/mol. The molecule has 0 aliphatic carbocycles. The second-order valence-electron chi connectivity index (χ2n) is 6.60. The van der Waals surface area contributed by atoms with Crippen LogP contribution in [0.5, 0.6) is 0 Å². The van der Waals surface area contributed by atoms with Crippen LogP contribution >= 0.6 is 11.3 Å². The summed E-state index contributed by atoms with van der Waals surface area (Å²) in [6.45, 7) is 8.15. The van der Waals surface area contributed by atoms with Gasteiger partial charge in [-0.05, 0) is 43.3 Å². The van der Waals surface area contributed by atoms with Gasteiger partial charge in [0, 0.05) is 12.7 Å². The number of hydrogen-bond donors (Lipinski definition) is 2. The van der Waals surface area contributed by atoms with Crippen LogP contribution in [0.25, 0.3) is 0 Å². The first-order valence-corrected chi connectivity index (χ1v) is 9.74. The number of benzene rings is 1. The van der Waals surface area contributed by atoms with Crippen molar-refractivity contribution >= 4 is 28.8 Å². The molecular formula is C20H28N3O2S+. The first-order chi connectivity index (χ1) is 12.4. The molecule has 2 rings (SSSR count). The van der Waals surface area contributed by atoms with E-state index >= 15 is 0 Å². The Kier molecular flexibility index (Phi) is 7.36. The zero-order chi connectivity index (χ0) is 19.1. The molecule has 0 bridgehead atoms.